The number of carbonyl (C=O) groups excluding carboxylic acids is 1. The van der Waals surface area contributed by atoms with Gasteiger partial charge in [-0.3, -0.25) is 4.79 Å². The second kappa shape index (κ2) is 5.37. The molecule has 0 fully saturated rings. The number of hydrogen-bond donors (Lipinski definition) is 1. The Balaban J connectivity index is 1.90. The molecule has 3 rings (SSSR count). The van der Waals surface area contributed by atoms with Gasteiger partial charge in [0.2, 0.25) is 0 Å². The number of amides is 1. The van der Waals surface area contributed by atoms with E-state index < -0.39 is 0 Å². The van der Waals surface area contributed by atoms with E-state index in [2.05, 4.69) is 17.4 Å². The Morgan fingerprint density at radius 1 is 1.15 bits per heavy atom. The molecule has 3 nitrogen and oxygen atoms in total. The maximum atomic E-state index is 12.3. The van der Waals surface area contributed by atoms with Crippen molar-refractivity contribution < 1.29 is 9.53 Å². The largest absolute Gasteiger partial charge is 0.497 e. The van der Waals surface area contributed by atoms with Crippen LogP contribution < -0.4 is 10.1 Å². The number of nitrogens with one attached hydrogen (secondary N) is 1. The molecule has 0 saturated heterocycles. The lowest BCUT2D eigenvalue weighted by atomic mass is 9.99. The van der Waals surface area contributed by atoms with E-state index in [1.54, 1.807) is 7.11 Å². The average molecular weight is 267 g/mol. The highest BCUT2D eigenvalue weighted by Gasteiger charge is 2.22. The van der Waals surface area contributed by atoms with E-state index in [9.17, 15) is 4.79 Å². The van der Waals surface area contributed by atoms with Crippen molar-refractivity contribution in [2.75, 3.05) is 7.11 Å². The van der Waals surface area contributed by atoms with E-state index in [-0.39, 0.29) is 11.9 Å². The molecule has 1 atom stereocenters. The van der Waals surface area contributed by atoms with Gasteiger partial charge in [-0.15, -0.1) is 0 Å². The zero-order valence-electron chi connectivity index (χ0n) is 11.4. The Labute approximate surface area is 118 Å². The molecule has 20 heavy (non-hydrogen) atoms. The summed E-state index contributed by atoms with van der Waals surface area (Å²) < 4.78 is 5.24. The molecule has 1 heterocycles. The maximum Gasteiger partial charge on any atom is 0.252 e. The summed E-state index contributed by atoms with van der Waals surface area (Å²) in [6.45, 7) is 0. The third kappa shape index (κ3) is 2.39. The molecule has 0 unspecified atom stereocenters. The van der Waals surface area contributed by atoms with E-state index in [1.807, 2.05) is 36.4 Å². The van der Waals surface area contributed by atoms with Crippen molar-refractivity contribution in [1.82, 2.24) is 5.32 Å². The highest BCUT2D eigenvalue weighted by Crippen LogP contribution is 2.27. The lowest BCUT2D eigenvalue weighted by Crippen LogP contribution is -2.26. The molecule has 102 valence electrons. The number of carbonyl (C=O) groups is 1. The van der Waals surface area contributed by atoms with Crippen molar-refractivity contribution >= 4 is 5.91 Å². The van der Waals surface area contributed by atoms with Crippen LogP contribution in [0.2, 0.25) is 0 Å². The monoisotopic (exact) mass is 267 g/mol. The van der Waals surface area contributed by atoms with Crippen molar-refractivity contribution in [2.24, 2.45) is 0 Å². The summed E-state index contributed by atoms with van der Waals surface area (Å²) in [5, 5.41) is 3.11. The number of fused-ring (bicyclic) bond motifs is 1. The molecule has 2 aromatic carbocycles. The molecule has 0 aromatic heterocycles. The Morgan fingerprint density at radius 2 is 1.95 bits per heavy atom. The van der Waals surface area contributed by atoms with Crippen molar-refractivity contribution in [2.45, 2.75) is 18.9 Å². The number of benzene rings is 2. The lowest BCUT2D eigenvalue weighted by Gasteiger charge is -2.15. The number of ether oxygens (including phenoxy) is 1. The first-order chi connectivity index (χ1) is 9.78. The van der Waals surface area contributed by atoms with Crippen LogP contribution in [0.5, 0.6) is 5.75 Å². The molecule has 0 saturated carbocycles. The van der Waals surface area contributed by atoms with Crippen molar-refractivity contribution in [3.8, 4) is 5.75 Å². The molecule has 0 spiro atoms. The lowest BCUT2D eigenvalue weighted by molar-refractivity contribution is 0.0939. The first-order valence-corrected chi connectivity index (χ1v) is 6.80. The highest BCUT2D eigenvalue weighted by atomic mass is 16.5. The SMILES string of the molecule is COc1ccc2c(c1)CC[C@@H](c1ccccc1)NC2=O. The van der Waals surface area contributed by atoms with Gasteiger partial charge in [0.15, 0.2) is 0 Å². The van der Waals surface area contributed by atoms with Gasteiger partial charge in [-0.1, -0.05) is 30.3 Å². The molecule has 0 aliphatic carbocycles. The van der Waals surface area contributed by atoms with Crippen LogP contribution in [0.4, 0.5) is 0 Å². The number of aryl methyl sites for hydroxylation is 1. The maximum absolute atomic E-state index is 12.3. The van der Waals surface area contributed by atoms with Crippen LogP contribution in [0.3, 0.4) is 0 Å². The Bertz CT molecular complexity index is 622. The van der Waals surface area contributed by atoms with Gasteiger partial charge in [-0.25, -0.2) is 0 Å². The number of hydrogen-bond acceptors (Lipinski definition) is 2. The van der Waals surface area contributed by atoms with Crippen LogP contribution in [-0.2, 0) is 6.42 Å². The van der Waals surface area contributed by atoms with Crippen molar-refractivity contribution in [3.05, 3.63) is 65.2 Å². The topological polar surface area (TPSA) is 38.3 Å². The fraction of sp³-hybridized carbons (Fsp3) is 0.235. The summed E-state index contributed by atoms with van der Waals surface area (Å²) in [5.41, 5.74) is 2.96. The van der Waals surface area contributed by atoms with E-state index in [0.717, 1.165) is 35.3 Å². The molecular weight excluding hydrogens is 250 g/mol. The Hall–Kier alpha value is -2.29. The fourth-order valence-corrected chi connectivity index (χ4v) is 2.67. The van der Waals surface area contributed by atoms with E-state index in [1.165, 1.54) is 0 Å². The summed E-state index contributed by atoms with van der Waals surface area (Å²) >= 11 is 0. The number of rotatable bonds is 2. The van der Waals surface area contributed by atoms with Gasteiger partial charge in [0.25, 0.3) is 5.91 Å². The third-order valence-electron chi connectivity index (χ3n) is 3.77. The summed E-state index contributed by atoms with van der Waals surface area (Å²) in [6, 6.07) is 15.8. The Morgan fingerprint density at radius 3 is 2.70 bits per heavy atom. The quantitative estimate of drug-likeness (QED) is 0.908. The van der Waals surface area contributed by atoms with Gasteiger partial charge < -0.3 is 10.1 Å². The van der Waals surface area contributed by atoms with E-state index >= 15 is 0 Å². The molecule has 0 bridgehead atoms. The van der Waals surface area contributed by atoms with Crippen LogP contribution in [0, 0.1) is 0 Å². The minimum Gasteiger partial charge on any atom is -0.497 e. The van der Waals surface area contributed by atoms with Crippen LogP contribution in [-0.4, -0.2) is 13.0 Å². The van der Waals surface area contributed by atoms with Gasteiger partial charge in [0, 0.05) is 5.56 Å². The van der Waals surface area contributed by atoms with Crippen molar-refractivity contribution in [1.29, 1.82) is 0 Å². The van der Waals surface area contributed by atoms with Crippen LogP contribution in [0.25, 0.3) is 0 Å². The first kappa shape index (κ1) is 12.7. The second-order valence-electron chi connectivity index (χ2n) is 5.00. The van der Waals surface area contributed by atoms with Gasteiger partial charge in [-0.2, -0.15) is 0 Å². The normalized spacial score (nSPS) is 17.9. The molecule has 1 aliphatic heterocycles. The van der Waals surface area contributed by atoms with Crippen LogP contribution >= 0.6 is 0 Å². The smallest absolute Gasteiger partial charge is 0.252 e. The van der Waals surface area contributed by atoms with Gasteiger partial charge in [0.05, 0.1) is 13.2 Å². The van der Waals surface area contributed by atoms with Crippen molar-refractivity contribution in [3.63, 3.8) is 0 Å². The predicted octanol–water partition coefficient (Wildman–Crippen LogP) is 3.11. The van der Waals surface area contributed by atoms with Gasteiger partial charge in [0.1, 0.15) is 5.75 Å². The van der Waals surface area contributed by atoms with Gasteiger partial charge in [-0.05, 0) is 42.2 Å². The predicted molar refractivity (Wildman–Crippen MR) is 78.0 cm³/mol. The fourth-order valence-electron chi connectivity index (χ4n) is 2.67. The third-order valence-corrected chi connectivity index (χ3v) is 3.77. The standard InChI is InChI=1S/C17H17NO2/c1-20-14-8-9-15-13(11-14)7-10-16(18-17(15)19)12-5-3-2-4-6-12/h2-6,8-9,11,16H,7,10H2,1H3,(H,18,19)/t16-/m0/s1. The van der Waals surface area contributed by atoms with E-state index in [4.69, 9.17) is 4.74 Å². The zero-order chi connectivity index (χ0) is 13.9. The summed E-state index contributed by atoms with van der Waals surface area (Å²) in [6.07, 6.45) is 1.76. The molecule has 2 aromatic rings. The van der Waals surface area contributed by atoms with E-state index in [0.29, 0.717) is 0 Å². The summed E-state index contributed by atoms with van der Waals surface area (Å²) in [5.74, 6) is 0.795. The minimum atomic E-state index is -0.00555. The number of methoxy groups -OCH3 is 1. The van der Waals surface area contributed by atoms with Gasteiger partial charge >= 0.3 is 0 Å². The molecule has 1 amide bonds. The summed E-state index contributed by atoms with van der Waals surface area (Å²) in [7, 11) is 1.64. The zero-order valence-corrected chi connectivity index (χ0v) is 11.4. The highest BCUT2D eigenvalue weighted by molar-refractivity contribution is 5.96. The molecule has 3 heteroatoms. The molecule has 0 radical (unpaired) electrons. The van der Waals surface area contributed by atoms with Crippen LogP contribution in [0.1, 0.15) is 33.9 Å². The molecule has 1 aliphatic rings. The molecule has 1 N–H and O–H groups in total. The average Bonchev–Trinajstić information content (AvgIpc) is 2.67. The Kier molecular flexibility index (Phi) is 3.42. The van der Waals surface area contributed by atoms with Crippen LogP contribution in [0.15, 0.2) is 48.5 Å². The molecular formula is C17H17NO2. The summed E-state index contributed by atoms with van der Waals surface area (Å²) in [4.78, 5) is 12.3. The minimum absolute atomic E-state index is 0.00555. The first-order valence-electron chi connectivity index (χ1n) is 6.80. The second-order valence-corrected chi connectivity index (χ2v) is 5.00.